The lowest BCUT2D eigenvalue weighted by Gasteiger charge is -1.88. The SMILES string of the molecule is Nc1nc(/C=C/c2ccccc2)ns1. The first kappa shape index (κ1) is 8.90. The van der Waals surface area contributed by atoms with E-state index in [1.807, 2.05) is 42.5 Å². The van der Waals surface area contributed by atoms with Crippen molar-refractivity contribution in [2.75, 3.05) is 5.73 Å². The number of aromatic nitrogens is 2. The van der Waals surface area contributed by atoms with E-state index in [-0.39, 0.29) is 0 Å². The van der Waals surface area contributed by atoms with E-state index >= 15 is 0 Å². The van der Waals surface area contributed by atoms with Crippen LogP contribution >= 0.6 is 11.5 Å². The van der Waals surface area contributed by atoms with Gasteiger partial charge in [0, 0.05) is 11.5 Å². The van der Waals surface area contributed by atoms with Crippen LogP contribution in [-0.4, -0.2) is 9.36 Å². The maximum atomic E-state index is 5.46. The summed E-state index contributed by atoms with van der Waals surface area (Å²) in [6, 6.07) is 10.00. The van der Waals surface area contributed by atoms with Crippen LogP contribution in [0.15, 0.2) is 30.3 Å². The second-order valence-corrected chi connectivity index (χ2v) is 3.52. The molecule has 70 valence electrons. The summed E-state index contributed by atoms with van der Waals surface area (Å²) in [6.45, 7) is 0. The lowest BCUT2D eigenvalue weighted by Crippen LogP contribution is -1.81. The van der Waals surface area contributed by atoms with Crippen LogP contribution in [0.1, 0.15) is 11.4 Å². The smallest absolute Gasteiger partial charge is 0.200 e. The Morgan fingerprint density at radius 3 is 2.57 bits per heavy atom. The summed E-state index contributed by atoms with van der Waals surface area (Å²) in [7, 11) is 0. The van der Waals surface area contributed by atoms with Gasteiger partial charge < -0.3 is 5.73 Å². The largest absolute Gasteiger partial charge is 0.374 e. The lowest BCUT2D eigenvalue weighted by molar-refractivity contribution is 1.29. The average Bonchev–Trinajstić information content (AvgIpc) is 2.63. The molecule has 0 aliphatic heterocycles. The maximum Gasteiger partial charge on any atom is 0.200 e. The Kier molecular flexibility index (Phi) is 2.55. The van der Waals surface area contributed by atoms with Gasteiger partial charge >= 0.3 is 0 Å². The first-order valence-corrected chi connectivity index (χ1v) is 4.94. The second kappa shape index (κ2) is 4.02. The number of nitrogens with zero attached hydrogens (tertiary/aromatic N) is 2. The van der Waals surface area contributed by atoms with E-state index in [2.05, 4.69) is 9.36 Å². The standard InChI is InChI=1S/C10H9N3S/c11-10-12-9(13-14-10)7-6-8-4-2-1-3-5-8/h1-7H,(H2,11,12,13)/b7-6+. The summed E-state index contributed by atoms with van der Waals surface area (Å²) < 4.78 is 4.05. The molecule has 1 aromatic carbocycles. The minimum atomic E-state index is 0.498. The molecule has 0 saturated carbocycles. The molecule has 2 aromatic rings. The van der Waals surface area contributed by atoms with E-state index in [4.69, 9.17) is 5.73 Å². The zero-order chi connectivity index (χ0) is 9.80. The van der Waals surface area contributed by atoms with Crippen LogP contribution in [0.4, 0.5) is 5.13 Å². The Labute approximate surface area is 86.1 Å². The summed E-state index contributed by atoms with van der Waals surface area (Å²) in [5, 5.41) is 0.498. The minimum absolute atomic E-state index is 0.498. The van der Waals surface area contributed by atoms with Crippen molar-refractivity contribution >= 4 is 28.8 Å². The fourth-order valence-corrected chi connectivity index (χ4v) is 1.47. The molecule has 0 amide bonds. The van der Waals surface area contributed by atoms with E-state index in [0.29, 0.717) is 11.0 Å². The molecule has 0 fully saturated rings. The number of nitrogens with two attached hydrogens (primary N) is 1. The molecule has 2 rings (SSSR count). The molecule has 0 aliphatic rings. The number of anilines is 1. The van der Waals surface area contributed by atoms with Gasteiger partial charge in [0.1, 0.15) is 0 Å². The van der Waals surface area contributed by atoms with Gasteiger partial charge in [-0.25, -0.2) is 0 Å². The molecular weight excluding hydrogens is 194 g/mol. The zero-order valence-corrected chi connectivity index (χ0v) is 8.24. The van der Waals surface area contributed by atoms with Gasteiger partial charge in [-0.05, 0) is 11.6 Å². The Hall–Kier alpha value is -1.68. The van der Waals surface area contributed by atoms with Crippen molar-refractivity contribution in [3.05, 3.63) is 41.7 Å². The monoisotopic (exact) mass is 203 g/mol. The molecule has 1 aromatic heterocycles. The summed E-state index contributed by atoms with van der Waals surface area (Å²) in [4.78, 5) is 4.02. The van der Waals surface area contributed by atoms with Gasteiger partial charge in [0.25, 0.3) is 0 Å². The van der Waals surface area contributed by atoms with Crippen LogP contribution in [0.2, 0.25) is 0 Å². The van der Waals surface area contributed by atoms with Crippen molar-refractivity contribution in [1.82, 2.24) is 9.36 Å². The molecule has 14 heavy (non-hydrogen) atoms. The van der Waals surface area contributed by atoms with Gasteiger partial charge in [-0.3, -0.25) is 0 Å². The van der Waals surface area contributed by atoms with Crippen molar-refractivity contribution in [2.24, 2.45) is 0 Å². The van der Waals surface area contributed by atoms with Crippen molar-refractivity contribution < 1.29 is 0 Å². The topological polar surface area (TPSA) is 51.8 Å². The van der Waals surface area contributed by atoms with Crippen molar-refractivity contribution in [2.45, 2.75) is 0 Å². The molecule has 0 atom stereocenters. The molecule has 3 nitrogen and oxygen atoms in total. The van der Waals surface area contributed by atoms with E-state index in [1.165, 1.54) is 11.5 Å². The quantitative estimate of drug-likeness (QED) is 0.814. The summed E-state index contributed by atoms with van der Waals surface area (Å²) in [5.41, 5.74) is 6.58. The Morgan fingerprint density at radius 1 is 1.14 bits per heavy atom. The number of benzene rings is 1. The van der Waals surface area contributed by atoms with Crippen LogP contribution in [0, 0.1) is 0 Å². The third kappa shape index (κ3) is 2.17. The molecule has 4 heteroatoms. The molecule has 0 aliphatic carbocycles. The van der Waals surface area contributed by atoms with Crippen molar-refractivity contribution in [3.63, 3.8) is 0 Å². The minimum Gasteiger partial charge on any atom is -0.374 e. The Bertz CT molecular complexity index is 434. The van der Waals surface area contributed by atoms with Crippen LogP contribution in [0.25, 0.3) is 12.2 Å². The number of hydrogen-bond acceptors (Lipinski definition) is 4. The molecular formula is C10H9N3S. The highest BCUT2D eigenvalue weighted by Gasteiger charge is 1.94. The summed E-state index contributed by atoms with van der Waals surface area (Å²) in [5.74, 6) is 0.663. The highest BCUT2D eigenvalue weighted by Crippen LogP contribution is 2.09. The van der Waals surface area contributed by atoms with Gasteiger partial charge in [-0.15, -0.1) is 0 Å². The first-order valence-electron chi connectivity index (χ1n) is 4.17. The molecule has 2 N–H and O–H groups in total. The molecule has 1 heterocycles. The predicted octanol–water partition coefficient (Wildman–Crippen LogP) is 2.29. The summed E-state index contributed by atoms with van der Waals surface area (Å²) in [6.07, 6.45) is 3.81. The normalized spacial score (nSPS) is 10.9. The molecule has 0 saturated heterocycles. The van der Waals surface area contributed by atoms with Gasteiger partial charge in [-0.2, -0.15) is 9.36 Å². The Balaban J connectivity index is 2.15. The van der Waals surface area contributed by atoms with Crippen molar-refractivity contribution in [1.29, 1.82) is 0 Å². The van der Waals surface area contributed by atoms with E-state index in [0.717, 1.165) is 5.56 Å². The van der Waals surface area contributed by atoms with Crippen LogP contribution in [0.3, 0.4) is 0 Å². The number of nitrogen functional groups attached to an aromatic ring is 1. The molecule has 0 bridgehead atoms. The fourth-order valence-electron chi connectivity index (χ4n) is 1.05. The highest BCUT2D eigenvalue weighted by atomic mass is 32.1. The number of hydrogen-bond donors (Lipinski definition) is 1. The molecule has 0 unspecified atom stereocenters. The van der Waals surface area contributed by atoms with E-state index < -0.39 is 0 Å². The van der Waals surface area contributed by atoms with Gasteiger partial charge in [0.2, 0.25) is 0 Å². The van der Waals surface area contributed by atoms with E-state index in [9.17, 15) is 0 Å². The lowest BCUT2D eigenvalue weighted by atomic mass is 10.2. The molecule has 0 spiro atoms. The zero-order valence-electron chi connectivity index (χ0n) is 7.42. The van der Waals surface area contributed by atoms with Gasteiger partial charge in [0.15, 0.2) is 11.0 Å². The Morgan fingerprint density at radius 2 is 1.93 bits per heavy atom. The van der Waals surface area contributed by atoms with E-state index in [1.54, 1.807) is 0 Å². The van der Waals surface area contributed by atoms with Crippen LogP contribution < -0.4 is 5.73 Å². The predicted molar refractivity (Wildman–Crippen MR) is 59.7 cm³/mol. The van der Waals surface area contributed by atoms with Gasteiger partial charge in [0.05, 0.1) is 0 Å². The third-order valence-electron chi connectivity index (χ3n) is 1.68. The second-order valence-electron chi connectivity index (χ2n) is 2.73. The number of rotatable bonds is 2. The summed E-state index contributed by atoms with van der Waals surface area (Å²) >= 11 is 1.20. The first-order chi connectivity index (χ1) is 6.84. The van der Waals surface area contributed by atoms with Gasteiger partial charge in [-0.1, -0.05) is 36.4 Å². The third-order valence-corrected chi connectivity index (χ3v) is 2.24. The maximum absolute atomic E-state index is 5.46. The highest BCUT2D eigenvalue weighted by molar-refractivity contribution is 7.09. The fraction of sp³-hybridized carbons (Fsp3) is 0. The van der Waals surface area contributed by atoms with Crippen LogP contribution in [0.5, 0.6) is 0 Å². The van der Waals surface area contributed by atoms with Crippen molar-refractivity contribution in [3.8, 4) is 0 Å². The molecule has 0 radical (unpaired) electrons. The average molecular weight is 203 g/mol. The van der Waals surface area contributed by atoms with Crippen LogP contribution in [-0.2, 0) is 0 Å².